The Hall–Kier alpha value is -2.67. The highest BCUT2D eigenvalue weighted by Gasteiger charge is 2.20. The number of benzene rings is 2. The fourth-order valence-electron chi connectivity index (χ4n) is 2.11. The van der Waals surface area contributed by atoms with E-state index in [-0.39, 0.29) is 28.3 Å². The molecule has 25 heavy (non-hydrogen) atoms. The Balaban J connectivity index is 2.00. The first-order valence-corrected chi connectivity index (χ1v) is 7.82. The first-order valence-electron chi connectivity index (χ1n) is 7.44. The average Bonchev–Trinajstić information content (AvgIpc) is 2.56. The van der Waals surface area contributed by atoms with E-state index in [1.54, 1.807) is 19.1 Å². The van der Waals surface area contributed by atoms with Crippen molar-refractivity contribution in [1.29, 1.82) is 0 Å². The van der Waals surface area contributed by atoms with Crippen LogP contribution in [0.15, 0.2) is 42.5 Å². The zero-order valence-electron chi connectivity index (χ0n) is 13.5. The van der Waals surface area contributed by atoms with Gasteiger partial charge in [0.05, 0.1) is 16.0 Å². The standard InChI is InChI=1S/C17H16ClFN2O4/c1-10(12-3-5-13(19)6-4-12)20-17(22)11(2)25-16-8-7-14(21(23)24)9-15(16)18/h3-11H,1-2H3,(H,20,22)/t10-,11-/m1/s1. The molecule has 132 valence electrons. The number of hydrogen-bond donors (Lipinski definition) is 1. The highest BCUT2D eigenvalue weighted by Crippen LogP contribution is 2.29. The van der Waals surface area contributed by atoms with Crippen molar-refractivity contribution in [2.24, 2.45) is 0 Å². The van der Waals surface area contributed by atoms with E-state index in [0.717, 1.165) is 11.6 Å². The average molecular weight is 367 g/mol. The van der Waals surface area contributed by atoms with Gasteiger partial charge in [0.1, 0.15) is 11.6 Å². The van der Waals surface area contributed by atoms with Crippen molar-refractivity contribution in [2.75, 3.05) is 0 Å². The third kappa shape index (κ3) is 4.90. The van der Waals surface area contributed by atoms with Crippen molar-refractivity contribution in [3.8, 4) is 5.75 Å². The van der Waals surface area contributed by atoms with E-state index in [9.17, 15) is 19.3 Å². The summed E-state index contributed by atoms with van der Waals surface area (Å²) in [6, 6.07) is 9.19. The number of ether oxygens (including phenoxy) is 1. The number of carbonyl (C=O) groups is 1. The van der Waals surface area contributed by atoms with Crippen LogP contribution in [-0.4, -0.2) is 16.9 Å². The summed E-state index contributed by atoms with van der Waals surface area (Å²) in [7, 11) is 0. The molecular weight excluding hydrogens is 351 g/mol. The van der Waals surface area contributed by atoms with Gasteiger partial charge >= 0.3 is 0 Å². The second-order valence-corrected chi connectivity index (χ2v) is 5.82. The van der Waals surface area contributed by atoms with Gasteiger partial charge in [0.25, 0.3) is 11.6 Å². The summed E-state index contributed by atoms with van der Waals surface area (Å²) in [5, 5.41) is 13.5. The molecule has 0 radical (unpaired) electrons. The minimum absolute atomic E-state index is 0.0421. The molecule has 2 rings (SSSR count). The number of hydrogen-bond acceptors (Lipinski definition) is 4. The number of rotatable bonds is 6. The molecule has 0 spiro atoms. The van der Waals surface area contributed by atoms with Crippen LogP contribution in [0.2, 0.25) is 5.02 Å². The Morgan fingerprint density at radius 1 is 1.24 bits per heavy atom. The highest BCUT2D eigenvalue weighted by molar-refractivity contribution is 6.32. The molecule has 2 atom stereocenters. The molecule has 0 saturated carbocycles. The summed E-state index contributed by atoms with van der Waals surface area (Å²) in [5.41, 5.74) is 0.578. The second kappa shape index (κ2) is 7.94. The molecule has 2 aromatic rings. The van der Waals surface area contributed by atoms with E-state index in [1.165, 1.54) is 31.2 Å². The molecule has 0 bridgehead atoms. The molecule has 0 aromatic heterocycles. The zero-order chi connectivity index (χ0) is 18.6. The van der Waals surface area contributed by atoms with Gasteiger partial charge in [0.2, 0.25) is 0 Å². The summed E-state index contributed by atoms with van der Waals surface area (Å²) in [4.78, 5) is 22.3. The van der Waals surface area contributed by atoms with Crippen molar-refractivity contribution in [3.05, 3.63) is 69.0 Å². The molecular formula is C17H16ClFN2O4. The summed E-state index contributed by atoms with van der Waals surface area (Å²) in [6.07, 6.45) is -0.873. The van der Waals surface area contributed by atoms with Gasteiger partial charge in [-0.25, -0.2) is 4.39 Å². The molecule has 0 aliphatic rings. The van der Waals surface area contributed by atoms with Gasteiger partial charge in [-0.1, -0.05) is 23.7 Å². The Morgan fingerprint density at radius 2 is 1.88 bits per heavy atom. The Morgan fingerprint density at radius 3 is 2.44 bits per heavy atom. The van der Waals surface area contributed by atoms with Crippen molar-refractivity contribution in [2.45, 2.75) is 26.0 Å². The van der Waals surface area contributed by atoms with Gasteiger partial charge in [0, 0.05) is 12.1 Å². The molecule has 0 aliphatic heterocycles. The Kier molecular flexibility index (Phi) is 5.93. The van der Waals surface area contributed by atoms with Crippen LogP contribution < -0.4 is 10.1 Å². The number of nitro groups is 1. The number of nitrogens with one attached hydrogen (secondary N) is 1. The predicted molar refractivity (Wildman–Crippen MR) is 91.2 cm³/mol. The topological polar surface area (TPSA) is 81.5 Å². The van der Waals surface area contributed by atoms with Crippen LogP contribution in [0, 0.1) is 15.9 Å². The summed E-state index contributed by atoms with van der Waals surface area (Å²) in [5.74, 6) is -0.581. The maximum absolute atomic E-state index is 12.9. The van der Waals surface area contributed by atoms with E-state index in [4.69, 9.17) is 16.3 Å². The van der Waals surface area contributed by atoms with E-state index >= 15 is 0 Å². The second-order valence-electron chi connectivity index (χ2n) is 5.41. The van der Waals surface area contributed by atoms with Crippen LogP contribution in [0.1, 0.15) is 25.5 Å². The molecule has 1 N–H and O–H groups in total. The van der Waals surface area contributed by atoms with Crippen molar-refractivity contribution in [1.82, 2.24) is 5.32 Å². The van der Waals surface area contributed by atoms with E-state index < -0.39 is 16.9 Å². The van der Waals surface area contributed by atoms with Gasteiger partial charge in [-0.15, -0.1) is 0 Å². The lowest BCUT2D eigenvalue weighted by molar-refractivity contribution is -0.384. The van der Waals surface area contributed by atoms with Crippen LogP contribution in [0.3, 0.4) is 0 Å². The predicted octanol–water partition coefficient (Wildman–Crippen LogP) is 4.03. The monoisotopic (exact) mass is 366 g/mol. The summed E-state index contributed by atoms with van der Waals surface area (Å²) in [6.45, 7) is 3.29. The number of halogens is 2. The van der Waals surface area contributed by atoms with Crippen molar-refractivity contribution in [3.63, 3.8) is 0 Å². The summed E-state index contributed by atoms with van der Waals surface area (Å²) >= 11 is 5.94. The van der Waals surface area contributed by atoms with Crippen LogP contribution in [0.25, 0.3) is 0 Å². The van der Waals surface area contributed by atoms with Crippen molar-refractivity contribution < 1.29 is 18.8 Å². The zero-order valence-corrected chi connectivity index (χ0v) is 14.3. The SMILES string of the molecule is C[C@@H](Oc1ccc([N+](=O)[O-])cc1Cl)C(=O)N[C@H](C)c1ccc(F)cc1. The van der Waals surface area contributed by atoms with Crippen LogP contribution in [0.5, 0.6) is 5.75 Å². The first kappa shape index (κ1) is 18.7. The van der Waals surface area contributed by atoms with Crippen LogP contribution >= 0.6 is 11.6 Å². The lowest BCUT2D eigenvalue weighted by atomic mass is 10.1. The third-order valence-corrected chi connectivity index (χ3v) is 3.82. The minimum atomic E-state index is -0.873. The number of nitrogens with zero attached hydrogens (tertiary/aromatic N) is 1. The molecule has 0 saturated heterocycles. The number of amides is 1. The smallest absolute Gasteiger partial charge is 0.271 e. The van der Waals surface area contributed by atoms with Gasteiger partial charge < -0.3 is 10.1 Å². The number of carbonyl (C=O) groups excluding carboxylic acids is 1. The molecule has 2 aromatic carbocycles. The quantitative estimate of drug-likeness (QED) is 0.618. The van der Waals surface area contributed by atoms with Gasteiger partial charge in [-0.2, -0.15) is 0 Å². The summed E-state index contributed by atoms with van der Waals surface area (Å²) < 4.78 is 18.4. The fourth-order valence-corrected chi connectivity index (χ4v) is 2.33. The first-order chi connectivity index (χ1) is 11.8. The molecule has 0 unspecified atom stereocenters. The lowest BCUT2D eigenvalue weighted by Gasteiger charge is -2.19. The molecule has 0 heterocycles. The maximum Gasteiger partial charge on any atom is 0.271 e. The maximum atomic E-state index is 12.9. The fraction of sp³-hybridized carbons (Fsp3) is 0.235. The minimum Gasteiger partial charge on any atom is -0.479 e. The van der Waals surface area contributed by atoms with Crippen LogP contribution in [0.4, 0.5) is 10.1 Å². The lowest BCUT2D eigenvalue weighted by Crippen LogP contribution is -2.37. The van der Waals surface area contributed by atoms with E-state index in [2.05, 4.69) is 5.32 Å². The molecule has 0 fully saturated rings. The highest BCUT2D eigenvalue weighted by atomic mass is 35.5. The number of non-ortho nitro benzene ring substituents is 1. The molecule has 0 aliphatic carbocycles. The normalized spacial score (nSPS) is 13.0. The third-order valence-electron chi connectivity index (χ3n) is 3.53. The largest absolute Gasteiger partial charge is 0.479 e. The van der Waals surface area contributed by atoms with Crippen LogP contribution in [-0.2, 0) is 4.79 Å². The molecule has 6 nitrogen and oxygen atoms in total. The van der Waals surface area contributed by atoms with Crippen molar-refractivity contribution >= 4 is 23.2 Å². The van der Waals surface area contributed by atoms with Gasteiger partial charge in [-0.3, -0.25) is 14.9 Å². The van der Waals surface area contributed by atoms with Gasteiger partial charge in [0.15, 0.2) is 6.10 Å². The Bertz CT molecular complexity index is 783. The van der Waals surface area contributed by atoms with E-state index in [0.29, 0.717) is 0 Å². The molecule has 8 heteroatoms. The van der Waals surface area contributed by atoms with E-state index in [1.807, 2.05) is 0 Å². The Labute approximate surface area is 148 Å². The van der Waals surface area contributed by atoms with Gasteiger partial charge in [-0.05, 0) is 37.6 Å². The molecule has 1 amide bonds. The number of nitro benzene ring substituents is 1.